The van der Waals surface area contributed by atoms with Gasteiger partial charge in [0.05, 0.1) is 6.04 Å². The molecule has 1 heterocycles. The standard InChI is InChI=1S/C15H17N3O4S/c1-15(2)21-12(8-19)13(22-15)11(17-18-16)9-23-14(20)10-6-4-3-5-7-10/h3-8,11-13H,9H2,1-2H3/t11-,12+,13+/m1/s1. The number of azide groups is 1. The van der Waals surface area contributed by atoms with Crippen LogP contribution < -0.4 is 0 Å². The van der Waals surface area contributed by atoms with Crippen LogP contribution in [0.4, 0.5) is 0 Å². The number of ether oxygens (including phenoxy) is 2. The predicted octanol–water partition coefficient (Wildman–Crippen LogP) is 2.96. The SMILES string of the molecule is CC1(C)O[C@@H]([C@@H](CSC(=O)c2ccccc2)N=[N+]=[N-])[C@H](C=O)O1. The molecule has 0 N–H and O–H groups in total. The lowest BCUT2D eigenvalue weighted by atomic mass is 10.1. The van der Waals surface area contributed by atoms with E-state index in [-0.39, 0.29) is 10.9 Å². The molecule has 0 aromatic heterocycles. The third-order valence-corrected chi connectivity index (χ3v) is 4.28. The summed E-state index contributed by atoms with van der Waals surface area (Å²) >= 11 is 1.02. The van der Waals surface area contributed by atoms with Gasteiger partial charge in [-0.3, -0.25) is 4.79 Å². The highest BCUT2D eigenvalue weighted by Crippen LogP contribution is 2.31. The largest absolute Gasteiger partial charge is 0.344 e. The minimum atomic E-state index is -0.937. The first-order valence-corrected chi connectivity index (χ1v) is 8.03. The van der Waals surface area contributed by atoms with Crippen molar-refractivity contribution in [3.63, 3.8) is 0 Å². The maximum Gasteiger partial charge on any atom is 0.219 e. The third kappa shape index (κ3) is 4.56. The average Bonchev–Trinajstić information content (AvgIpc) is 2.86. The van der Waals surface area contributed by atoms with E-state index in [9.17, 15) is 9.59 Å². The molecule has 122 valence electrons. The Kier molecular flexibility index (Phi) is 5.79. The van der Waals surface area contributed by atoms with Gasteiger partial charge in [-0.1, -0.05) is 47.2 Å². The van der Waals surface area contributed by atoms with E-state index in [0.717, 1.165) is 11.8 Å². The van der Waals surface area contributed by atoms with Crippen molar-refractivity contribution in [2.75, 3.05) is 5.75 Å². The summed E-state index contributed by atoms with van der Waals surface area (Å²) in [6.07, 6.45) is -0.911. The summed E-state index contributed by atoms with van der Waals surface area (Å²) in [5, 5.41) is 3.54. The highest BCUT2D eigenvalue weighted by molar-refractivity contribution is 8.14. The van der Waals surface area contributed by atoms with Crippen LogP contribution in [0.2, 0.25) is 0 Å². The molecule has 2 rings (SSSR count). The van der Waals surface area contributed by atoms with Gasteiger partial charge in [-0.25, -0.2) is 0 Å². The molecular formula is C15H17N3O4S. The van der Waals surface area contributed by atoms with E-state index < -0.39 is 24.0 Å². The van der Waals surface area contributed by atoms with E-state index in [1.165, 1.54) is 0 Å². The van der Waals surface area contributed by atoms with Gasteiger partial charge >= 0.3 is 0 Å². The van der Waals surface area contributed by atoms with Crippen LogP contribution in [0.1, 0.15) is 24.2 Å². The van der Waals surface area contributed by atoms with Crippen LogP contribution in [-0.4, -0.2) is 41.2 Å². The average molecular weight is 335 g/mol. The first-order valence-electron chi connectivity index (χ1n) is 7.04. The summed E-state index contributed by atoms with van der Waals surface area (Å²) in [4.78, 5) is 26.1. The Labute approximate surface area is 138 Å². The number of hydrogen-bond donors (Lipinski definition) is 0. The topological polar surface area (TPSA) is 101 Å². The van der Waals surface area contributed by atoms with E-state index in [0.29, 0.717) is 11.8 Å². The van der Waals surface area contributed by atoms with Gasteiger partial charge in [-0.2, -0.15) is 0 Å². The summed E-state index contributed by atoms with van der Waals surface area (Å²) in [7, 11) is 0. The number of carbonyl (C=O) groups excluding carboxylic acids is 2. The fourth-order valence-electron chi connectivity index (χ4n) is 2.30. The fraction of sp³-hybridized carbons (Fsp3) is 0.467. The molecule has 7 nitrogen and oxygen atoms in total. The van der Waals surface area contributed by atoms with Gasteiger partial charge in [0.1, 0.15) is 12.2 Å². The maximum atomic E-state index is 12.1. The van der Waals surface area contributed by atoms with Crippen molar-refractivity contribution in [1.29, 1.82) is 0 Å². The Balaban J connectivity index is 2.06. The van der Waals surface area contributed by atoms with Crippen LogP contribution in [0.3, 0.4) is 0 Å². The van der Waals surface area contributed by atoms with Crippen molar-refractivity contribution in [2.24, 2.45) is 5.11 Å². The molecular weight excluding hydrogens is 318 g/mol. The second-order valence-electron chi connectivity index (χ2n) is 5.44. The molecule has 3 atom stereocenters. The van der Waals surface area contributed by atoms with Gasteiger partial charge < -0.3 is 14.3 Å². The monoisotopic (exact) mass is 335 g/mol. The van der Waals surface area contributed by atoms with Crippen LogP contribution >= 0.6 is 11.8 Å². The Morgan fingerprint density at radius 3 is 2.74 bits per heavy atom. The third-order valence-electron chi connectivity index (χ3n) is 3.27. The van der Waals surface area contributed by atoms with Gasteiger partial charge in [0.25, 0.3) is 0 Å². The summed E-state index contributed by atoms with van der Waals surface area (Å²) in [5.74, 6) is -0.736. The van der Waals surface area contributed by atoms with E-state index >= 15 is 0 Å². The molecule has 0 spiro atoms. The lowest BCUT2D eigenvalue weighted by Crippen LogP contribution is -2.36. The predicted molar refractivity (Wildman–Crippen MR) is 86.1 cm³/mol. The molecule has 0 saturated carbocycles. The normalized spacial score (nSPS) is 23.7. The molecule has 1 aliphatic rings. The van der Waals surface area contributed by atoms with Crippen LogP contribution in [0, 0.1) is 0 Å². The van der Waals surface area contributed by atoms with Crippen molar-refractivity contribution >= 4 is 23.2 Å². The number of rotatable bonds is 6. The number of benzene rings is 1. The Morgan fingerprint density at radius 1 is 1.43 bits per heavy atom. The zero-order valence-electron chi connectivity index (χ0n) is 12.8. The molecule has 0 unspecified atom stereocenters. The minimum absolute atomic E-state index is 0.135. The van der Waals surface area contributed by atoms with E-state index in [1.54, 1.807) is 38.1 Å². The van der Waals surface area contributed by atoms with Crippen molar-refractivity contribution in [2.45, 2.75) is 37.9 Å². The van der Waals surface area contributed by atoms with E-state index in [4.69, 9.17) is 15.0 Å². The smallest absolute Gasteiger partial charge is 0.219 e. The van der Waals surface area contributed by atoms with Gasteiger partial charge in [-0.05, 0) is 19.4 Å². The number of carbonyl (C=O) groups is 2. The molecule has 0 amide bonds. The van der Waals surface area contributed by atoms with Crippen molar-refractivity contribution in [1.82, 2.24) is 0 Å². The number of aldehydes is 1. The lowest BCUT2D eigenvalue weighted by Gasteiger charge is -2.20. The molecule has 1 aromatic rings. The lowest BCUT2D eigenvalue weighted by molar-refractivity contribution is -0.150. The van der Waals surface area contributed by atoms with Crippen LogP contribution in [0.25, 0.3) is 10.4 Å². The van der Waals surface area contributed by atoms with E-state index in [2.05, 4.69) is 10.0 Å². The zero-order chi connectivity index (χ0) is 16.9. The summed E-state index contributed by atoms with van der Waals surface area (Å²) < 4.78 is 11.1. The summed E-state index contributed by atoms with van der Waals surface area (Å²) in [6, 6.07) is 8.11. The van der Waals surface area contributed by atoms with Crippen molar-refractivity contribution in [3.8, 4) is 0 Å². The zero-order valence-corrected chi connectivity index (χ0v) is 13.6. The van der Waals surface area contributed by atoms with E-state index in [1.807, 2.05) is 6.07 Å². The molecule has 0 radical (unpaired) electrons. The molecule has 8 heteroatoms. The molecule has 1 saturated heterocycles. The number of thioether (sulfide) groups is 1. The highest BCUT2D eigenvalue weighted by Gasteiger charge is 2.45. The molecule has 1 aromatic carbocycles. The summed E-state index contributed by atoms with van der Waals surface area (Å²) in [6.45, 7) is 3.36. The number of hydrogen-bond acceptors (Lipinski definition) is 6. The second-order valence-corrected chi connectivity index (χ2v) is 6.43. The maximum absolute atomic E-state index is 12.1. The van der Waals surface area contributed by atoms with Gasteiger partial charge in [0.15, 0.2) is 12.1 Å². The highest BCUT2D eigenvalue weighted by atomic mass is 32.2. The second kappa shape index (κ2) is 7.61. The quantitative estimate of drug-likeness (QED) is 0.344. The van der Waals surface area contributed by atoms with Gasteiger partial charge in [-0.15, -0.1) is 0 Å². The Hall–Kier alpha value is -1.86. The molecule has 1 aliphatic heterocycles. The Bertz CT molecular complexity index is 616. The van der Waals surface area contributed by atoms with Crippen LogP contribution in [0.15, 0.2) is 35.4 Å². The summed E-state index contributed by atoms with van der Waals surface area (Å²) in [5.41, 5.74) is 9.31. The van der Waals surface area contributed by atoms with Crippen LogP contribution in [-0.2, 0) is 14.3 Å². The van der Waals surface area contributed by atoms with Crippen molar-refractivity contribution in [3.05, 3.63) is 46.3 Å². The molecule has 1 fully saturated rings. The molecule has 23 heavy (non-hydrogen) atoms. The van der Waals surface area contributed by atoms with Gasteiger partial charge in [0, 0.05) is 16.2 Å². The Morgan fingerprint density at radius 2 is 2.13 bits per heavy atom. The minimum Gasteiger partial charge on any atom is -0.344 e. The van der Waals surface area contributed by atoms with Crippen LogP contribution in [0.5, 0.6) is 0 Å². The first-order chi connectivity index (χ1) is 11.0. The van der Waals surface area contributed by atoms with Gasteiger partial charge in [0.2, 0.25) is 5.12 Å². The fourth-order valence-corrected chi connectivity index (χ4v) is 3.18. The number of nitrogens with zero attached hydrogens (tertiary/aromatic N) is 3. The van der Waals surface area contributed by atoms with Crippen molar-refractivity contribution < 1.29 is 19.1 Å². The first kappa shape index (κ1) is 17.5. The molecule has 0 aliphatic carbocycles. The molecule has 0 bridgehead atoms.